The van der Waals surface area contributed by atoms with Crippen molar-refractivity contribution >= 4 is 15.8 Å². The van der Waals surface area contributed by atoms with Crippen LogP contribution in [-0.4, -0.2) is 37.6 Å². The molecular formula is C19H23F2N5O3S. The summed E-state index contributed by atoms with van der Waals surface area (Å²) in [7, 11) is -4.51. The molecule has 0 radical (unpaired) electrons. The monoisotopic (exact) mass is 439 g/mol. The van der Waals surface area contributed by atoms with Crippen molar-refractivity contribution in [3.8, 4) is 5.75 Å². The summed E-state index contributed by atoms with van der Waals surface area (Å²) in [5.41, 5.74) is 6.22. The van der Waals surface area contributed by atoms with Crippen molar-refractivity contribution in [3.05, 3.63) is 42.4 Å². The lowest BCUT2D eigenvalue weighted by atomic mass is 9.78. The molecule has 2 atom stereocenters. The highest BCUT2D eigenvalue weighted by Gasteiger charge is 2.35. The van der Waals surface area contributed by atoms with E-state index in [1.807, 2.05) is 4.72 Å². The Labute approximate surface area is 173 Å². The Balaban J connectivity index is 1.55. The molecule has 30 heavy (non-hydrogen) atoms. The van der Waals surface area contributed by atoms with Gasteiger partial charge in [0.05, 0.1) is 0 Å². The number of hydrazine groups is 1. The number of anilines is 1. The van der Waals surface area contributed by atoms with E-state index in [0.717, 1.165) is 57.2 Å². The smallest absolute Gasteiger partial charge is 0.268 e. The number of hydrogen-bond donors (Lipinski definition) is 3. The van der Waals surface area contributed by atoms with Gasteiger partial charge in [0.2, 0.25) is 0 Å². The number of benzene rings is 1. The van der Waals surface area contributed by atoms with Gasteiger partial charge in [-0.1, -0.05) is 6.42 Å². The van der Waals surface area contributed by atoms with Crippen molar-refractivity contribution in [2.45, 2.75) is 36.7 Å². The van der Waals surface area contributed by atoms with Crippen LogP contribution in [0.5, 0.6) is 5.75 Å². The second kappa shape index (κ2) is 8.78. The fourth-order valence-electron chi connectivity index (χ4n) is 4.17. The van der Waals surface area contributed by atoms with Crippen molar-refractivity contribution in [1.29, 1.82) is 0 Å². The second-order valence-electron chi connectivity index (χ2n) is 7.54. The van der Waals surface area contributed by atoms with Crippen LogP contribution in [0, 0.1) is 23.5 Å². The van der Waals surface area contributed by atoms with Crippen LogP contribution in [0.25, 0.3) is 0 Å². The SMILES string of the molecule is O=S(=O)(Nc1ccncn1)c1c(F)cc(O[C@H]2CCCC[C@@H]2C2CNNC2)cc1F. The van der Waals surface area contributed by atoms with E-state index in [9.17, 15) is 17.2 Å². The zero-order valence-corrected chi connectivity index (χ0v) is 17.0. The number of nitrogens with zero attached hydrogens (tertiary/aromatic N) is 2. The highest BCUT2D eigenvalue weighted by molar-refractivity contribution is 7.92. The van der Waals surface area contributed by atoms with Gasteiger partial charge in [0.1, 0.15) is 35.6 Å². The van der Waals surface area contributed by atoms with Gasteiger partial charge in [-0.3, -0.25) is 15.6 Å². The van der Waals surface area contributed by atoms with Crippen LogP contribution >= 0.6 is 0 Å². The van der Waals surface area contributed by atoms with E-state index >= 15 is 0 Å². The molecule has 3 N–H and O–H groups in total. The van der Waals surface area contributed by atoms with Gasteiger partial charge in [0, 0.05) is 37.3 Å². The summed E-state index contributed by atoms with van der Waals surface area (Å²) in [5, 5.41) is 0. The third-order valence-electron chi connectivity index (χ3n) is 5.56. The fraction of sp³-hybridized carbons (Fsp3) is 0.474. The predicted molar refractivity (Wildman–Crippen MR) is 105 cm³/mol. The molecule has 8 nitrogen and oxygen atoms in total. The Hall–Kier alpha value is -2.37. The molecule has 1 aromatic heterocycles. The van der Waals surface area contributed by atoms with Gasteiger partial charge in [-0.15, -0.1) is 0 Å². The first-order valence-corrected chi connectivity index (χ1v) is 11.3. The maximum absolute atomic E-state index is 14.7. The number of nitrogens with one attached hydrogen (secondary N) is 3. The molecule has 1 aromatic carbocycles. The summed E-state index contributed by atoms with van der Waals surface area (Å²) in [6, 6.07) is 3.13. The third kappa shape index (κ3) is 4.52. The van der Waals surface area contributed by atoms with Crippen LogP contribution in [0.4, 0.5) is 14.6 Å². The summed E-state index contributed by atoms with van der Waals surface area (Å²) in [6.45, 7) is 1.64. The minimum absolute atomic E-state index is 0.0122. The molecule has 0 amide bonds. The summed E-state index contributed by atoms with van der Waals surface area (Å²) < 4.78 is 62.3. The maximum Gasteiger partial charge on any atom is 0.268 e. The van der Waals surface area contributed by atoms with Crippen LogP contribution in [-0.2, 0) is 10.0 Å². The molecule has 1 saturated heterocycles. The molecule has 0 spiro atoms. The van der Waals surface area contributed by atoms with E-state index in [-0.39, 0.29) is 23.6 Å². The predicted octanol–water partition coefficient (Wildman–Crippen LogP) is 2.22. The fourth-order valence-corrected chi connectivity index (χ4v) is 5.30. The van der Waals surface area contributed by atoms with Gasteiger partial charge in [0.25, 0.3) is 10.0 Å². The molecule has 0 bridgehead atoms. The Bertz CT molecular complexity index is 964. The summed E-state index contributed by atoms with van der Waals surface area (Å²) in [4.78, 5) is 6.30. The van der Waals surface area contributed by atoms with E-state index < -0.39 is 26.6 Å². The summed E-state index contributed by atoms with van der Waals surface area (Å²) in [6.07, 6.45) is 6.11. The van der Waals surface area contributed by atoms with E-state index in [2.05, 4.69) is 20.8 Å². The topological polar surface area (TPSA) is 105 Å². The van der Waals surface area contributed by atoms with Gasteiger partial charge in [-0.05, 0) is 31.2 Å². The largest absolute Gasteiger partial charge is 0.490 e. The van der Waals surface area contributed by atoms with E-state index in [1.54, 1.807) is 0 Å². The van der Waals surface area contributed by atoms with Crippen LogP contribution in [0.1, 0.15) is 25.7 Å². The number of aromatic nitrogens is 2. The van der Waals surface area contributed by atoms with Crippen molar-refractivity contribution in [2.75, 3.05) is 17.8 Å². The van der Waals surface area contributed by atoms with Crippen molar-refractivity contribution in [3.63, 3.8) is 0 Å². The molecular weight excluding hydrogens is 416 g/mol. The lowest BCUT2D eigenvalue weighted by Crippen LogP contribution is -2.37. The molecule has 11 heteroatoms. The standard InChI is InChI=1S/C19H23F2N5O3S/c20-15-7-13(29-17-4-2-1-3-14(17)12-9-24-25-10-12)8-16(21)19(15)30(27,28)26-18-5-6-22-11-23-18/h5-8,11-12,14,17,24-25H,1-4,9-10H2,(H,22,23,26)/t14-,17+/m1/s1. The average molecular weight is 439 g/mol. The Morgan fingerprint density at radius 1 is 1.10 bits per heavy atom. The first kappa shape index (κ1) is 20.9. The van der Waals surface area contributed by atoms with Gasteiger partial charge in [-0.25, -0.2) is 27.2 Å². The maximum atomic E-state index is 14.7. The van der Waals surface area contributed by atoms with E-state index in [4.69, 9.17) is 4.74 Å². The van der Waals surface area contributed by atoms with Crippen LogP contribution in [0.15, 0.2) is 35.6 Å². The zero-order chi connectivity index (χ0) is 21.1. The Morgan fingerprint density at radius 3 is 2.47 bits per heavy atom. The molecule has 4 rings (SSSR count). The minimum atomic E-state index is -4.51. The lowest BCUT2D eigenvalue weighted by Gasteiger charge is -2.35. The van der Waals surface area contributed by atoms with Gasteiger partial charge < -0.3 is 4.74 Å². The van der Waals surface area contributed by atoms with Crippen molar-refractivity contribution in [1.82, 2.24) is 20.8 Å². The number of sulfonamides is 1. The highest BCUT2D eigenvalue weighted by atomic mass is 32.2. The molecule has 2 aliphatic rings. The third-order valence-corrected chi connectivity index (χ3v) is 6.97. The van der Waals surface area contributed by atoms with Gasteiger partial charge >= 0.3 is 0 Å². The Kier molecular flexibility index (Phi) is 6.11. The van der Waals surface area contributed by atoms with Crippen molar-refractivity contribution < 1.29 is 21.9 Å². The van der Waals surface area contributed by atoms with Crippen LogP contribution < -0.4 is 20.3 Å². The Morgan fingerprint density at radius 2 is 1.80 bits per heavy atom. The number of rotatable bonds is 6. The van der Waals surface area contributed by atoms with E-state index in [0.29, 0.717) is 5.92 Å². The van der Waals surface area contributed by atoms with Crippen molar-refractivity contribution in [2.24, 2.45) is 11.8 Å². The average Bonchev–Trinajstić information content (AvgIpc) is 3.22. The minimum Gasteiger partial charge on any atom is -0.490 e. The van der Waals surface area contributed by atoms with Crippen LogP contribution in [0.2, 0.25) is 0 Å². The highest BCUT2D eigenvalue weighted by Crippen LogP contribution is 2.35. The number of hydrogen-bond acceptors (Lipinski definition) is 7. The number of halogens is 2. The molecule has 2 fully saturated rings. The molecule has 162 valence electrons. The summed E-state index contributed by atoms with van der Waals surface area (Å²) in [5.74, 6) is -1.90. The second-order valence-corrected chi connectivity index (χ2v) is 9.16. The summed E-state index contributed by atoms with van der Waals surface area (Å²) >= 11 is 0. The first-order valence-electron chi connectivity index (χ1n) is 9.84. The first-order chi connectivity index (χ1) is 14.4. The lowest BCUT2D eigenvalue weighted by molar-refractivity contribution is 0.0639. The zero-order valence-electron chi connectivity index (χ0n) is 16.1. The molecule has 1 aliphatic heterocycles. The molecule has 1 saturated carbocycles. The molecule has 1 aliphatic carbocycles. The quantitative estimate of drug-likeness (QED) is 0.634. The number of ether oxygens (including phenoxy) is 1. The molecule has 2 heterocycles. The van der Waals surface area contributed by atoms with Gasteiger partial charge in [0.15, 0.2) is 4.90 Å². The molecule has 2 aromatic rings. The van der Waals surface area contributed by atoms with Gasteiger partial charge in [-0.2, -0.15) is 0 Å². The van der Waals surface area contributed by atoms with E-state index in [1.165, 1.54) is 12.3 Å². The molecule has 0 unspecified atom stereocenters. The van der Waals surface area contributed by atoms with Crippen LogP contribution in [0.3, 0.4) is 0 Å². The normalized spacial score (nSPS) is 22.7.